The molecule has 144 valence electrons. The van der Waals surface area contributed by atoms with Gasteiger partial charge in [-0.1, -0.05) is 12.1 Å². The highest BCUT2D eigenvalue weighted by atomic mass is 19.1. The fraction of sp³-hybridized carbons (Fsp3) is 0.0455. The number of fused-ring (bicyclic) bond motifs is 2. The van der Waals surface area contributed by atoms with Crippen LogP contribution in [0, 0.1) is 23.0 Å². The number of nitrogens with zero attached hydrogens (tertiary/aromatic N) is 6. The number of pyridine rings is 1. The quantitative estimate of drug-likeness (QED) is 0.458. The molecule has 0 amide bonds. The van der Waals surface area contributed by atoms with E-state index in [0.717, 1.165) is 5.56 Å². The number of benzene rings is 2. The first-order valence-corrected chi connectivity index (χ1v) is 9.07. The molecule has 8 heteroatoms. The van der Waals surface area contributed by atoms with Crippen molar-refractivity contribution in [2.24, 2.45) is 0 Å². The van der Waals surface area contributed by atoms with Crippen LogP contribution in [-0.4, -0.2) is 24.8 Å². The summed E-state index contributed by atoms with van der Waals surface area (Å²) in [7, 11) is 0. The Morgan fingerprint density at radius 2 is 1.90 bits per heavy atom. The number of halogens is 2. The minimum Gasteiger partial charge on any atom is -0.256 e. The van der Waals surface area contributed by atoms with Gasteiger partial charge in [0.1, 0.15) is 11.6 Å². The maximum Gasteiger partial charge on any atom is 0.177 e. The molecule has 0 atom stereocenters. The van der Waals surface area contributed by atoms with Gasteiger partial charge in [0.05, 0.1) is 22.8 Å². The average Bonchev–Trinajstić information content (AvgIpc) is 3.18. The Labute approximate surface area is 169 Å². The van der Waals surface area contributed by atoms with E-state index in [4.69, 9.17) is 5.26 Å². The lowest BCUT2D eigenvalue weighted by atomic mass is 10.1. The third-order valence-corrected chi connectivity index (χ3v) is 4.84. The van der Waals surface area contributed by atoms with Crippen LogP contribution < -0.4 is 0 Å². The zero-order valence-corrected chi connectivity index (χ0v) is 15.4. The van der Waals surface area contributed by atoms with Gasteiger partial charge in [0.2, 0.25) is 0 Å². The van der Waals surface area contributed by atoms with Crippen molar-refractivity contribution in [3.05, 3.63) is 89.4 Å². The number of nitriles is 1. The van der Waals surface area contributed by atoms with Crippen LogP contribution in [0.3, 0.4) is 0 Å². The van der Waals surface area contributed by atoms with Gasteiger partial charge in [-0.3, -0.25) is 4.98 Å². The Morgan fingerprint density at radius 3 is 2.77 bits per heavy atom. The average molecular weight is 398 g/mol. The molecule has 0 aliphatic carbocycles. The molecule has 0 aliphatic heterocycles. The predicted octanol–water partition coefficient (Wildman–Crippen LogP) is 4.08. The van der Waals surface area contributed by atoms with Crippen molar-refractivity contribution in [1.82, 2.24) is 24.8 Å². The van der Waals surface area contributed by atoms with Gasteiger partial charge >= 0.3 is 0 Å². The van der Waals surface area contributed by atoms with Crippen molar-refractivity contribution < 1.29 is 8.78 Å². The molecule has 5 rings (SSSR count). The Bertz CT molecular complexity index is 1470. The molecule has 0 spiro atoms. The summed E-state index contributed by atoms with van der Waals surface area (Å²) in [5.74, 6) is -1.08. The van der Waals surface area contributed by atoms with Crippen molar-refractivity contribution in [1.29, 1.82) is 5.26 Å². The fourth-order valence-electron chi connectivity index (χ4n) is 3.36. The second-order valence-electron chi connectivity index (χ2n) is 6.70. The summed E-state index contributed by atoms with van der Waals surface area (Å²) in [5.41, 5.74) is 2.42. The van der Waals surface area contributed by atoms with Crippen LogP contribution in [0.15, 0.2) is 60.8 Å². The van der Waals surface area contributed by atoms with Gasteiger partial charge < -0.3 is 0 Å². The summed E-state index contributed by atoms with van der Waals surface area (Å²) in [6.45, 7) is 0. The Morgan fingerprint density at radius 1 is 1.00 bits per heavy atom. The predicted molar refractivity (Wildman–Crippen MR) is 105 cm³/mol. The minimum atomic E-state index is -0.701. The van der Waals surface area contributed by atoms with Gasteiger partial charge in [-0.25, -0.2) is 8.78 Å². The maximum absolute atomic E-state index is 15.0. The molecule has 0 unspecified atom stereocenters. The van der Waals surface area contributed by atoms with Gasteiger partial charge in [-0.15, -0.1) is 10.2 Å². The normalized spacial score (nSPS) is 11.1. The summed E-state index contributed by atoms with van der Waals surface area (Å²) >= 11 is 0. The van der Waals surface area contributed by atoms with E-state index in [1.165, 1.54) is 16.8 Å². The van der Waals surface area contributed by atoms with Crippen molar-refractivity contribution in [2.45, 2.75) is 6.42 Å². The van der Waals surface area contributed by atoms with Crippen molar-refractivity contribution in [3.8, 4) is 17.3 Å². The highest BCUT2D eigenvalue weighted by molar-refractivity contribution is 5.80. The van der Waals surface area contributed by atoms with Crippen LogP contribution in [0.4, 0.5) is 8.78 Å². The molecule has 5 aromatic rings. The summed E-state index contributed by atoms with van der Waals surface area (Å²) in [6, 6.07) is 16.9. The first-order chi connectivity index (χ1) is 14.6. The van der Waals surface area contributed by atoms with E-state index >= 15 is 0 Å². The minimum absolute atomic E-state index is 0.122. The second-order valence-corrected chi connectivity index (χ2v) is 6.70. The molecule has 3 aromatic heterocycles. The summed E-state index contributed by atoms with van der Waals surface area (Å²) < 4.78 is 31.0. The fourth-order valence-corrected chi connectivity index (χ4v) is 3.36. The SMILES string of the molecule is N#Cc1cccc(-c2ccc3nnc(Cc4c(F)cc5ncccc5c4F)n3n2)c1. The van der Waals surface area contributed by atoms with Crippen molar-refractivity contribution in [2.75, 3.05) is 0 Å². The van der Waals surface area contributed by atoms with Gasteiger partial charge in [0.25, 0.3) is 0 Å². The molecule has 2 aromatic carbocycles. The smallest absolute Gasteiger partial charge is 0.177 e. The third kappa shape index (κ3) is 2.93. The maximum atomic E-state index is 15.0. The molecule has 0 radical (unpaired) electrons. The Balaban J connectivity index is 1.61. The highest BCUT2D eigenvalue weighted by Crippen LogP contribution is 2.25. The number of rotatable bonds is 3. The monoisotopic (exact) mass is 398 g/mol. The molecule has 0 bridgehead atoms. The standard InChI is InChI=1S/C22H12F2N6/c23-17-11-19-15(5-2-8-26-19)22(24)16(17)10-21-28-27-20-7-6-18(29-30(20)21)14-4-1-3-13(9-14)12-25/h1-9,11H,10H2. The van der Waals surface area contributed by atoms with Crippen LogP contribution in [0.25, 0.3) is 27.8 Å². The Kier molecular flexibility index (Phi) is 4.14. The molecule has 3 heterocycles. The van der Waals surface area contributed by atoms with Crippen molar-refractivity contribution in [3.63, 3.8) is 0 Å². The molecular weight excluding hydrogens is 386 g/mol. The van der Waals surface area contributed by atoms with E-state index in [0.29, 0.717) is 22.7 Å². The van der Waals surface area contributed by atoms with Gasteiger partial charge in [-0.05, 0) is 36.4 Å². The lowest BCUT2D eigenvalue weighted by Crippen LogP contribution is -2.05. The summed E-state index contributed by atoms with van der Waals surface area (Å²) in [5, 5.41) is 22.0. The van der Waals surface area contributed by atoms with E-state index in [2.05, 4.69) is 26.3 Å². The molecular formula is C22H12F2N6. The second kappa shape index (κ2) is 6.97. The van der Waals surface area contributed by atoms with E-state index in [1.807, 2.05) is 6.07 Å². The lowest BCUT2D eigenvalue weighted by molar-refractivity contribution is 0.566. The van der Waals surface area contributed by atoms with E-state index in [9.17, 15) is 8.78 Å². The van der Waals surface area contributed by atoms with Crippen molar-refractivity contribution >= 4 is 16.6 Å². The molecule has 0 saturated heterocycles. The summed E-state index contributed by atoms with van der Waals surface area (Å²) in [4.78, 5) is 4.00. The molecule has 30 heavy (non-hydrogen) atoms. The molecule has 0 saturated carbocycles. The highest BCUT2D eigenvalue weighted by Gasteiger charge is 2.18. The number of aromatic nitrogens is 5. The van der Waals surface area contributed by atoms with Crippen LogP contribution in [0.5, 0.6) is 0 Å². The zero-order chi connectivity index (χ0) is 20.7. The molecule has 0 aliphatic rings. The Hall–Kier alpha value is -4.25. The largest absolute Gasteiger partial charge is 0.256 e. The van der Waals surface area contributed by atoms with Gasteiger partial charge in [0, 0.05) is 35.2 Å². The number of hydrogen-bond donors (Lipinski definition) is 0. The van der Waals surface area contributed by atoms with Gasteiger partial charge in [-0.2, -0.15) is 14.9 Å². The molecule has 0 fully saturated rings. The molecule has 0 N–H and O–H groups in total. The van der Waals surface area contributed by atoms with Crippen LogP contribution in [0.2, 0.25) is 0 Å². The van der Waals surface area contributed by atoms with E-state index in [-0.39, 0.29) is 22.9 Å². The number of hydrogen-bond acceptors (Lipinski definition) is 5. The first-order valence-electron chi connectivity index (χ1n) is 9.07. The van der Waals surface area contributed by atoms with Crippen LogP contribution >= 0.6 is 0 Å². The zero-order valence-electron chi connectivity index (χ0n) is 15.4. The topological polar surface area (TPSA) is 79.8 Å². The third-order valence-electron chi connectivity index (χ3n) is 4.84. The lowest BCUT2D eigenvalue weighted by Gasteiger charge is -2.08. The van der Waals surface area contributed by atoms with E-state index in [1.54, 1.807) is 42.5 Å². The van der Waals surface area contributed by atoms with Gasteiger partial charge in [0.15, 0.2) is 11.5 Å². The van der Waals surface area contributed by atoms with Crippen LogP contribution in [0.1, 0.15) is 17.0 Å². The van der Waals surface area contributed by atoms with E-state index < -0.39 is 11.6 Å². The van der Waals surface area contributed by atoms with Crippen LogP contribution in [-0.2, 0) is 6.42 Å². The first kappa shape index (κ1) is 17.8. The summed E-state index contributed by atoms with van der Waals surface area (Å²) in [6.07, 6.45) is 1.36. The molecule has 6 nitrogen and oxygen atoms in total.